The standard InChI is InChI=1S/C8H13Cl/c1-4-8(9)6-5-7(2)3/h5-6H,4H2,1-3H3/b8-6+. The van der Waals surface area contributed by atoms with Crippen LogP contribution >= 0.6 is 11.6 Å². The highest BCUT2D eigenvalue weighted by atomic mass is 35.5. The molecule has 0 aliphatic rings. The lowest BCUT2D eigenvalue weighted by Gasteiger charge is -1.87. The molecule has 0 aromatic heterocycles. The maximum absolute atomic E-state index is 5.73. The lowest BCUT2D eigenvalue weighted by atomic mass is 10.3. The number of rotatable bonds is 2. The lowest BCUT2D eigenvalue weighted by molar-refractivity contribution is 1.19. The van der Waals surface area contributed by atoms with Crippen LogP contribution in [-0.2, 0) is 0 Å². The monoisotopic (exact) mass is 144 g/mol. The van der Waals surface area contributed by atoms with E-state index in [2.05, 4.69) is 13.8 Å². The van der Waals surface area contributed by atoms with Gasteiger partial charge in [-0.3, -0.25) is 0 Å². The smallest absolute Gasteiger partial charge is 0.0178 e. The van der Waals surface area contributed by atoms with Crippen LogP contribution in [0.15, 0.2) is 22.8 Å². The van der Waals surface area contributed by atoms with Crippen molar-refractivity contribution < 1.29 is 0 Å². The zero-order chi connectivity index (χ0) is 7.28. The Hall–Kier alpha value is -0.230. The van der Waals surface area contributed by atoms with Crippen LogP contribution in [0.3, 0.4) is 0 Å². The maximum Gasteiger partial charge on any atom is 0.0178 e. The molecule has 1 heteroatoms. The van der Waals surface area contributed by atoms with Gasteiger partial charge in [0.05, 0.1) is 0 Å². The molecule has 0 spiro atoms. The van der Waals surface area contributed by atoms with Gasteiger partial charge in [-0.05, 0) is 26.3 Å². The van der Waals surface area contributed by atoms with E-state index in [0.717, 1.165) is 11.5 Å². The highest BCUT2D eigenvalue weighted by Crippen LogP contribution is 2.06. The quantitative estimate of drug-likeness (QED) is 0.521. The van der Waals surface area contributed by atoms with Gasteiger partial charge in [0.15, 0.2) is 0 Å². The van der Waals surface area contributed by atoms with E-state index in [4.69, 9.17) is 11.6 Å². The molecule has 0 aromatic rings. The Labute approximate surface area is 62.2 Å². The minimum absolute atomic E-state index is 0.913. The molecule has 0 aliphatic carbocycles. The molecule has 0 bridgehead atoms. The molecule has 0 rings (SSSR count). The van der Waals surface area contributed by atoms with E-state index in [-0.39, 0.29) is 0 Å². The van der Waals surface area contributed by atoms with Crippen molar-refractivity contribution in [3.8, 4) is 0 Å². The summed E-state index contributed by atoms with van der Waals surface area (Å²) >= 11 is 5.73. The molecule has 0 N–H and O–H groups in total. The SMILES string of the molecule is CC/C(Cl)=C\C=C(C)C. The van der Waals surface area contributed by atoms with Gasteiger partial charge in [-0.15, -0.1) is 0 Å². The Morgan fingerprint density at radius 2 is 1.89 bits per heavy atom. The Morgan fingerprint density at radius 3 is 2.22 bits per heavy atom. The Morgan fingerprint density at radius 1 is 1.33 bits per heavy atom. The van der Waals surface area contributed by atoms with E-state index in [0.29, 0.717) is 0 Å². The second-order valence-corrected chi connectivity index (χ2v) is 2.70. The molecule has 0 heterocycles. The summed E-state index contributed by atoms with van der Waals surface area (Å²) in [5.41, 5.74) is 1.28. The van der Waals surface area contributed by atoms with Gasteiger partial charge < -0.3 is 0 Å². The van der Waals surface area contributed by atoms with Gasteiger partial charge in [0.1, 0.15) is 0 Å². The molecule has 0 radical (unpaired) electrons. The molecule has 0 amide bonds. The minimum Gasteiger partial charge on any atom is -0.0892 e. The summed E-state index contributed by atoms with van der Waals surface area (Å²) in [7, 11) is 0. The van der Waals surface area contributed by atoms with Crippen molar-refractivity contribution in [2.45, 2.75) is 27.2 Å². The average Bonchev–Trinajstić information content (AvgIpc) is 1.83. The number of allylic oxidation sites excluding steroid dienone is 4. The van der Waals surface area contributed by atoms with Crippen molar-refractivity contribution in [3.05, 3.63) is 22.8 Å². The maximum atomic E-state index is 5.73. The normalized spacial score (nSPS) is 11.3. The molecule has 0 saturated heterocycles. The fourth-order valence-electron chi connectivity index (χ4n) is 0.375. The van der Waals surface area contributed by atoms with Gasteiger partial charge in [-0.2, -0.15) is 0 Å². The number of hydrogen-bond donors (Lipinski definition) is 0. The van der Waals surface area contributed by atoms with E-state index in [1.165, 1.54) is 5.57 Å². The van der Waals surface area contributed by atoms with E-state index in [1.54, 1.807) is 0 Å². The van der Waals surface area contributed by atoms with Gasteiger partial charge in [-0.1, -0.05) is 30.2 Å². The van der Waals surface area contributed by atoms with E-state index >= 15 is 0 Å². The van der Waals surface area contributed by atoms with Crippen LogP contribution in [0.2, 0.25) is 0 Å². The first-order chi connectivity index (χ1) is 4.16. The van der Waals surface area contributed by atoms with Crippen LogP contribution in [0.25, 0.3) is 0 Å². The lowest BCUT2D eigenvalue weighted by Crippen LogP contribution is -1.65. The van der Waals surface area contributed by atoms with Crippen molar-refractivity contribution in [1.29, 1.82) is 0 Å². The van der Waals surface area contributed by atoms with E-state index in [1.807, 2.05) is 19.1 Å². The fourth-order valence-corrected chi connectivity index (χ4v) is 0.438. The highest BCUT2D eigenvalue weighted by molar-refractivity contribution is 6.29. The molecule has 9 heavy (non-hydrogen) atoms. The summed E-state index contributed by atoms with van der Waals surface area (Å²) in [6, 6.07) is 0. The number of hydrogen-bond acceptors (Lipinski definition) is 0. The van der Waals surface area contributed by atoms with Crippen molar-refractivity contribution >= 4 is 11.6 Å². The van der Waals surface area contributed by atoms with Crippen LogP contribution < -0.4 is 0 Å². The van der Waals surface area contributed by atoms with Crippen molar-refractivity contribution in [3.63, 3.8) is 0 Å². The summed E-state index contributed by atoms with van der Waals surface area (Å²) in [6.07, 6.45) is 4.88. The summed E-state index contributed by atoms with van der Waals surface area (Å²) < 4.78 is 0. The minimum atomic E-state index is 0.913. The summed E-state index contributed by atoms with van der Waals surface area (Å²) in [6.45, 7) is 6.14. The summed E-state index contributed by atoms with van der Waals surface area (Å²) in [4.78, 5) is 0. The first kappa shape index (κ1) is 8.77. The molecule has 0 saturated carbocycles. The third kappa shape index (κ3) is 5.64. The molecular formula is C8H13Cl. The van der Waals surface area contributed by atoms with Gasteiger partial charge >= 0.3 is 0 Å². The fraction of sp³-hybridized carbons (Fsp3) is 0.500. The third-order valence-corrected chi connectivity index (χ3v) is 1.33. The van der Waals surface area contributed by atoms with Crippen LogP contribution in [0.5, 0.6) is 0 Å². The Bertz CT molecular complexity index is 128. The topological polar surface area (TPSA) is 0 Å². The molecule has 0 fully saturated rings. The van der Waals surface area contributed by atoms with Gasteiger partial charge in [0.2, 0.25) is 0 Å². The predicted octanol–water partition coefficient (Wildman–Crippen LogP) is 3.49. The van der Waals surface area contributed by atoms with Crippen molar-refractivity contribution in [2.24, 2.45) is 0 Å². The molecular weight excluding hydrogens is 132 g/mol. The zero-order valence-corrected chi connectivity index (χ0v) is 7.00. The van der Waals surface area contributed by atoms with Gasteiger partial charge in [-0.25, -0.2) is 0 Å². The molecule has 0 nitrogen and oxygen atoms in total. The molecule has 0 unspecified atom stereocenters. The van der Waals surface area contributed by atoms with Crippen molar-refractivity contribution in [1.82, 2.24) is 0 Å². The number of halogens is 1. The Kier molecular flexibility index (Phi) is 4.51. The summed E-state index contributed by atoms with van der Waals surface area (Å²) in [5, 5.41) is 0.913. The van der Waals surface area contributed by atoms with E-state index in [9.17, 15) is 0 Å². The van der Waals surface area contributed by atoms with Crippen LogP contribution in [-0.4, -0.2) is 0 Å². The van der Waals surface area contributed by atoms with Crippen LogP contribution in [0, 0.1) is 0 Å². The molecule has 0 aromatic carbocycles. The van der Waals surface area contributed by atoms with Gasteiger partial charge in [0.25, 0.3) is 0 Å². The Balaban J connectivity index is 3.83. The highest BCUT2D eigenvalue weighted by Gasteiger charge is 1.81. The average molecular weight is 145 g/mol. The molecule has 52 valence electrons. The van der Waals surface area contributed by atoms with Crippen LogP contribution in [0.4, 0.5) is 0 Å². The second kappa shape index (κ2) is 4.63. The first-order valence-electron chi connectivity index (χ1n) is 3.16. The van der Waals surface area contributed by atoms with Crippen molar-refractivity contribution in [2.75, 3.05) is 0 Å². The van der Waals surface area contributed by atoms with E-state index < -0.39 is 0 Å². The largest absolute Gasteiger partial charge is 0.0892 e. The second-order valence-electron chi connectivity index (χ2n) is 2.21. The summed E-state index contributed by atoms with van der Waals surface area (Å²) in [5.74, 6) is 0. The predicted molar refractivity (Wildman–Crippen MR) is 43.7 cm³/mol. The third-order valence-electron chi connectivity index (χ3n) is 0.935. The van der Waals surface area contributed by atoms with Gasteiger partial charge in [0, 0.05) is 5.03 Å². The molecule has 0 atom stereocenters. The zero-order valence-electron chi connectivity index (χ0n) is 6.24. The first-order valence-corrected chi connectivity index (χ1v) is 3.54. The molecule has 0 aliphatic heterocycles. The van der Waals surface area contributed by atoms with Crippen LogP contribution in [0.1, 0.15) is 27.2 Å².